The van der Waals surface area contributed by atoms with Crippen LogP contribution in [-0.2, 0) is 4.74 Å². The topological polar surface area (TPSA) is 58.6 Å². The van der Waals surface area contributed by atoms with Gasteiger partial charge in [-0.2, -0.15) is 0 Å². The molecule has 0 saturated carbocycles. The maximum atomic E-state index is 12.4. The molecule has 0 spiro atoms. The smallest absolute Gasteiger partial charge is 0.274 e. The van der Waals surface area contributed by atoms with Gasteiger partial charge in [0.25, 0.3) is 5.91 Å². The molecule has 0 N–H and O–H groups in total. The summed E-state index contributed by atoms with van der Waals surface area (Å²) in [7, 11) is 0. The van der Waals surface area contributed by atoms with E-state index < -0.39 is 0 Å². The van der Waals surface area contributed by atoms with Gasteiger partial charge in [-0.25, -0.2) is 0 Å². The number of para-hydroxylation sites is 1. The van der Waals surface area contributed by atoms with E-state index in [1.807, 2.05) is 36.4 Å². The van der Waals surface area contributed by atoms with Crippen LogP contribution in [-0.4, -0.2) is 53.9 Å². The Hall–Kier alpha value is -2.47. The lowest BCUT2D eigenvalue weighted by Gasteiger charge is -2.26. The molecule has 1 aliphatic rings. The van der Waals surface area contributed by atoms with Crippen LogP contribution in [0.25, 0.3) is 0 Å². The molecule has 0 radical (unpaired) electrons. The molecule has 1 amide bonds. The Balaban J connectivity index is 1.77. The zero-order valence-corrected chi connectivity index (χ0v) is 13.2. The first kappa shape index (κ1) is 15.4. The zero-order chi connectivity index (χ0) is 16.1. The molecule has 1 fully saturated rings. The summed E-state index contributed by atoms with van der Waals surface area (Å²) in [5, 5.41) is 8.36. The van der Waals surface area contributed by atoms with E-state index in [0.717, 1.165) is 18.1 Å². The number of nitrogens with zero attached hydrogens (tertiary/aromatic N) is 4. The number of carbonyl (C=O) groups is 1. The van der Waals surface area contributed by atoms with Crippen LogP contribution >= 0.6 is 0 Å². The lowest BCUT2D eigenvalue weighted by Crippen LogP contribution is -2.41. The molecule has 2 aromatic rings. The van der Waals surface area contributed by atoms with Gasteiger partial charge in [0.1, 0.15) is 0 Å². The van der Waals surface area contributed by atoms with Crippen molar-refractivity contribution in [3.05, 3.63) is 48.2 Å². The van der Waals surface area contributed by atoms with E-state index in [2.05, 4.69) is 22.0 Å². The van der Waals surface area contributed by atoms with E-state index in [1.165, 1.54) is 0 Å². The molecule has 23 heavy (non-hydrogen) atoms. The standard InChI is InChI=1S/C17H20N4O2/c1-2-21(14-6-4-3-5-7-14)16-9-8-15(18-19-16)17(22)20-10-12-23-13-11-20/h3-9H,2,10-13H2,1H3. The summed E-state index contributed by atoms with van der Waals surface area (Å²) in [5.74, 6) is 0.646. The van der Waals surface area contributed by atoms with Gasteiger partial charge in [-0.05, 0) is 31.2 Å². The molecule has 0 atom stereocenters. The number of benzene rings is 1. The normalized spacial score (nSPS) is 14.6. The van der Waals surface area contributed by atoms with Gasteiger partial charge in [0, 0.05) is 25.3 Å². The summed E-state index contributed by atoms with van der Waals surface area (Å²) in [6.07, 6.45) is 0. The number of morpholine rings is 1. The number of hydrogen-bond acceptors (Lipinski definition) is 5. The van der Waals surface area contributed by atoms with Crippen LogP contribution < -0.4 is 4.90 Å². The average Bonchev–Trinajstić information content (AvgIpc) is 2.64. The Morgan fingerprint density at radius 3 is 2.48 bits per heavy atom. The monoisotopic (exact) mass is 312 g/mol. The van der Waals surface area contributed by atoms with Crippen molar-refractivity contribution in [1.82, 2.24) is 15.1 Å². The molecule has 1 aliphatic heterocycles. The van der Waals surface area contributed by atoms with Crippen molar-refractivity contribution in [1.29, 1.82) is 0 Å². The highest BCUT2D eigenvalue weighted by atomic mass is 16.5. The fourth-order valence-corrected chi connectivity index (χ4v) is 2.60. The van der Waals surface area contributed by atoms with Crippen molar-refractivity contribution in [3.63, 3.8) is 0 Å². The maximum absolute atomic E-state index is 12.4. The zero-order valence-electron chi connectivity index (χ0n) is 13.2. The van der Waals surface area contributed by atoms with E-state index in [4.69, 9.17) is 4.74 Å². The molecule has 0 aliphatic carbocycles. The van der Waals surface area contributed by atoms with Gasteiger partial charge in [-0.15, -0.1) is 10.2 Å². The molecule has 2 heterocycles. The maximum Gasteiger partial charge on any atom is 0.274 e. The van der Waals surface area contributed by atoms with E-state index >= 15 is 0 Å². The van der Waals surface area contributed by atoms with Gasteiger partial charge in [0.2, 0.25) is 0 Å². The summed E-state index contributed by atoms with van der Waals surface area (Å²) in [6, 6.07) is 13.6. The van der Waals surface area contributed by atoms with E-state index in [0.29, 0.717) is 32.0 Å². The fraction of sp³-hybridized carbons (Fsp3) is 0.353. The highest BCUT2D eigenvalue weighted by molar-refractivity contribution is 5.92. The summed E-state index contributed by atoms with van der Waals surface area (Å²) in [6.45, 7) is 5.20. The second kappa shape index (κ2) is 7.19. The SMILES string of the molecule is CCN(c1ccccc1)c1ccc(C(=O)N2CCOCC2)nn1. The molecule has 120 valence electrons. The van der Waals surface area contributed by atoms with E-state index in [-0.39, 0.29) is 5.91 Å². The number of anilines is 2. The summed E-state index contributed by atoms with van der Waals surface area (Å²) in [5.41, 5.74) is 1.43. The lowest BCUT2D eigenvalue weighted by atomic mass is 10.2. The highest BCUT2D eigenvalue weighted by Gasteiger charge is 2.20. The number of ether oxygens (including phenoxy) is 1. The summed E-state index contributed by atoms with van der Waals surface area (Å²) in [4.78, 5) is 16.2. The lowest BCUT2D eigenvalue weighted by molar-refractivity contribution is 0.0298. The largest absolute Gasteiger partial charge is 0.378 e. The van der Waals surface area contributed by atoms with Crippen molar-refractivity contribution >= 4 is 17.4 Å². The Morgan fingerprint density at radius 2 is 1.87 bits per heavy atom. The number of amides is 1. The number of rotatable bonds is 4. The number of carbonyl (C=O) groups excluding carboxylic acids is 1. The molecule has 1 aromatic heterocycles. The third kappa shape index (κ3) is 3.48. The first-order valence-corrected chi connectivity index (χ1v) is 7.83. The summed E-state index contributed by atoms with van der Waals surface area (Å²) >= 11 is 0. The first-order chi connectivity index (χ1) is 11.3. The molecular weight excluding hydrogens is 292 g/mol. The van der Waals surface area contributed by atoms with E-state index in [1.54, 1.807) is 11.0 Å². The minimum absolute atomic E-state index is 0.0879. The van der Waals surface area contributed by atoms with Crippen LogP contribution in [0.2, 0.25) is 0 Å². The molecule has 0 unspecified atom stereocenters. The van der Waals surface area contributed by atoms with Gasteiger partial charge in [-0.3, -0.25) is 4.79 Å². The van der Waals surface area contributed by atoms with Gasteiger partial charge in [0.15, 0.2) is 11.5 Å². The third-order valence-electron chi connectivity index (χ3n) is 3.83. The minimum atomic E-state index is -0.0879. The average molecular weight is 312 g/mol. The van der Waals surface area contributed by atoms with Gasteiger partial charge in [0.05, 0.1) is 13.2 Å². The second-order valence-electron chi connectivity index (χ2n) is 5.26. The van der Waals surface area contributed by atoms with Crippen molar-refractivity contribution in [2.75, 3.05) is 37.7 Å². The second-order valence-corrected chi connectivity index (χ2v) is 5.26. The number of aromatic nitrogens is 2. The van der Waals surface area contributed by atoms with Gasteiger partial charge < -0.3 is 14.5 Å². The Kier molecular flexibility index (Phi) is 4.83. The van der Waals surface area contributed by atoms with Crippen molar-refractivity contribution < 1.29 is 9.53 Å². The van der Waals surface area contributed by atoms with Crippen LogP contribution in [0, 0.1) is 0 Å². The third-order valence-corrected chi connectivity index (χ3v) is 3.83. The molecule has 1 aromatic carbocycles. The Bertz CT molecular complexity index is 639. The fourth-order valence-electron chi connectivity index (χ4n) is 2.60. The first-order valence-electron chi connectivity index (χ1n) is 7.83. The van der Waals surface area contributed by atoms with Crippen LogP contribution in [0.15, 0.2) is 42.5 Å². The van der Waals surface area contributed by atoms with E-state index in [9.17, 15) is 4.79 Å². The van der Waals surface area contributed by atoms with Crippen molar-refractivity contribution in [2.45, 2.75) is 6.92 Å². The molecule has 1 saturated heterocycles. The Labute approximate surface area is 135 Å². The molecule has 0 bridgehead atoms. The Morgan fingerprint density at radius 1 is 1.13 bits per heavy atom. The predicted octanol–water partition coefficient (Wildman–Crippen LogP) is 2.11. The van der Waals surface area contributed by atoms with Crippen molar-refractivity contribution in [2.24, 2.45) is 0 Å². The molecule has 6 heteroatoms. The predicted molar refractivity (Wildman–Crippen MR) is 87.9 cm³/mol. The van der Waals surface area contributed by atoms with Gasteiger partial charge >= 0.3 is 0 Å². The molecule has 3 rings (SSSR count). The van der Waals surface area contributed by atoms with Crippen LogP contribution in [0.4, 0.5) is 11.5 Å². The summed E-state index contributed by atoms with van der Waals surface area (Å²) < 4.78 is 5.26. The minimum Gasteiger partial charge on any atom is -0.378 e. The quantitative estimate of drug-likeness (QED) is 0.865. The molecule has 6 nitrogen and oxygen atoms in total. The highest BCUT2D eigenvalue weighted by Crippen LogP contribution is 2.22. The molecular formula is C17H20N4O2. The van der Waals surface area contributed by atoms with Crippen LogP contribution in [0.3, 0.4) is 0 Å². The van der Waals surface area contributed by atoms with Crippen LogP contribution in [0.5, 0.6) is 0 Å². The van der Waals surface area contributed by atoms with Crippen LogP contribution in [0.1, 0.15) is 17.4 Å². The number of hydrogen-bond donors (Lipinski definition) is 0. The van der Waals surface area contributed by atoms with Gasteiger partial charge in [-0.1, -0.05) is 18.2 Å². The van der Waals surface area contributed by atoms with Crippen molar-refractivity contribution in [3.8, 4) is 0 Å².